The van der Waals surface area contributed by atoms with Crippen LogP contribution in [0.1, 0.15) is 16.7 Å². The number of non-ortho nitro benzene ring substituents is 1. The van der Waals surface area contributed by atoms with Crippen LogP contribution in [0.15, 0.2) is 109 Å². The Labute approximate surface area is 197 Å². The van der Waals surface area contributed by atoms with Crippen molar-refractivity contribution >= 4 is 28.3 Å². The fraction of sp³-hybridized carbons (Fsp3) is 0.0357. The number of nitro benzene ring substituents is 1. The second kappa shape index (κ2) is 10.3. The van der Waals surface area contributed by atoms with Gasteiger partial charge in [0.2, 0.25) is 0 Å². The van der Waals surface area contributed by atoms with E-state index < -0.39 is 4.92 Å². The number of hydrogen-bond acceptors (Lipinski definition) is 5. The highest BCUT2D eigenvalue weighted by Gasteiger charge is 2.14. The van der Waals surface area contributed by atoms with E-state index in [1.54, 1.807) is 12.1 Å². The van der Waals surface area contributed by atoms with E-state index in [-0.39, 0.29) is 12.3 Å². The molecule has 0 aliphatic carbocycles. The van der Waals surface area contributed by atoms with E-state index in [4.69, 9.17) is 0 Å². The molecular formula is C28H21N3O3. The van der Waals surface area contributed by atoms with Crippen LogP contribution in [0, 0.1) is 21.4 Å². The predicted molar refractivity (Wildman–Crippen MR) is 133 cm³/mol. The highest BCUT2D eigenvalue weighted by atomic mass is 16.6. The maximum absolute atomic E-state index is 11.0. The highest BCUT2D eigenvalue weighted by Crippen LogP contribution is 2.35. The zero-order valence-corrected chi connectivity index (χ0v) is 18.2. The van der Waals surface area contributed by atoms with Crippen molar-refractivity contribution in [1.29, 1.82) is 5.26 Å². The molecule has 4 rings (SSSR count). The lowest BCUT2D eigenvalue weighted by atomic mass is 9.97. The molecule has 0 aliphatic rings. The standard InChI is InChI=1S/C28H21N3O3/c29-19-18-28(23-10-16-27(17-11-23)31(33)34)22-8-14-26(15-9-22)30(24-4-2-1-3-5-24)25-12-6-21(20-32)7-13-25/h1-18,32H,20H2. The van der Waals surface area contributed by atoms with Crippen LogP contribution in [-0.4, -0.2) is 10.0 Å². The molecule has 34 heavy (non-hydrogen) atoms. The van der Waals surface area contributed by atoms with Gasteiger partial charge in [0.1, 0.15) is 0 Å². The number of rotatable bonds is 7. The number of aliphatic hydroxyl groups is 1. The molecule has 0 radical (unpaired) electrons. The van der Waals surface area contributed by atoms with Crippen LogP contribution in [0.5, 0.6) is 0 Å². The first kappa shape index (κ1) is 22.5. The van der Waals surface area contributed by atoms with Crippen molar-refractivity contribution in [3.05, 3.63) is 136 Å². The third-order valence-electron chi connectivity index (χ3n) is 5.43. The summed E-state index contributed by atoms with van der Waals surface area (Å²) in [5.74, 6) is 0. The maximum atomic E-state index is 11.0. The van der Waals surface area contributed by atoms with Gasteiger partial charge in [0.05, 0.1) is 17.6 Å². The van der Waals surface area contributed by atoms with Crippen molar-refractivity contribution in [2.24, 2.45) is 0 Å². The lowest BCUT2D eigenvalue weighted by Gasteiger charge is -2.26. The lowest BCUT2D eigenvalue weighted by molar-refractivity contribution is -0.384. The van der Waals surface area contributed by atoms with Crippen molar-refractivity contribution in [1.82, 2.24) is 0 Å². The highest BCUT2D eigenvalue weighted by molar-refractivity contribution is 5.83. The summed E-state index contributed by atoms with van der Waals surface area (Å²) in [6.45, 7) is -0.0169. The molecule has 0 fully saturated rings. The Morgan fingerprint density at radius 2 is 1.32 bits per heavy atom. The van der Waals surface area contributed by atoms with E-state index in [0.717, 1.165) is 33.8 Å². The molecule has 4 aromatic carbocycles. The largest absolute Gasteiger partial charge is 0.392 e. The normalized spacial score (nSPS) is 11.0. The number of nitriles is 1. The molecule has 166 valence electrons. The molecule has 0 spiro atoms. The fourth-order valence-electron chi connectivity index (χ4n) is 3.73. The molecule has 0 amide bonds. The van der Waals surface area contributed by atoms with Crippen LogP contribution in [0.25, 0.3) is 5.57 Å². The summed E-state index contributed by atoms with van der Waals surface area (Å²) in [5.41, 5.74) is 5.91. The van der Waals surface area contributed by atoms with Gasteiger partial charge in [-0.05, 0) is 70.8 Å². The van der Waals surface area contributed by atoms with Gasteiger partial charge in [-0.2, -0.15) is 5.26 Å². The van der Waals surface area contributed by atoms with Crippen LogP contribution >= 0.6 is 0 Å². The van der Waals surface area contributed by atoms with Crippen LogP contribution in [-0.2, 0) is 6.61 Å². The minimum Gasteiger partial charge on any atom is -0.392 e. The summed E-state index contributed by atoms with van der Waals surface area (Å²) >= 11 is 0. The summed E-state index contributed by atoms with van der Waals surface area (Å²) in [6.07, 6.45) is 1.44. The van der Waals surface area contributed by atoms with Crippen molar-refractivity contribution < 1.29 is 10.0 Å². The maximum Gasteiger partial charge on any atom is 0.269 e. The molecule has 6 heteroatoms. The summed E-state index contributed by atoms with van der Waals surface area (Å²) in [6, 6.07) is 33.7. The van der Waals surface area contributed by atoms with Crippen molar-refractivity contribution in [3.63, 3.8) is 0 Å². The Bertz CT molecular complexity index is 1340. The molecule has 0 atom stereocenters. The molecule has 0 saturated carbocycles. The van der Waals surface area contributed by atoms with Gasteiger partial charge in [0, 0.05) is 35.3 Å². The Balaban J connectivity index is 1.72. The van der Waals surface area contributed by atoms with Crippen LogP contribution in [0.4, 0.5) is 22.7 Å². The second-order valence-electron chi connectivity index (χ2n) is 7.53. The Morgan fingerprint density at radius 1 is 0.824 bits per heavy atom. The Kier molecular flexibility index (Phi) is 6.78. The molecule has 0 aromatic heterocycles. The fourth-order valence-corrected chi connectivity index (χ4v) is 3.73. The number of allylic oxidation sites excluding steroid dienone is 1. The lowest BCUT2D eigenvalue weighted by Crippen LogP contribution is -2.10. The van der Waals surface area contributed by atoms with Gasteiger partial charge in [-0.1, -0.05) is 42.5 Å². The number of anilines is 3. The van der Waals surface area contributed by atoms with Gasteiger partial charge < -0.3 is 10.0 Å². The molecular weight excluding hydrogens is 426 g/mol. The topological polar surface area (TPSA) is 90.4 Å². The number of para-hydroxylation sites is 1. The minimum atomic E-state index is -0.447. The number of benzene rings is 4. The second-order valence-corrected chi connectivity index (χ2v) is 7.53. The van der Waals surface area contributed by atoms with Gasteiger partial charge in [-0.25, -0.2) is 0 Å². The van der Waals surface area contributed by atoms with E-state index in [0.29, 0.717) is 5.57 Å². The van der Waals surface area contributed by atoms with E-state index in [1.807, 2.05) is 78.9 Å². The van der Waals surface area contributed by atoms with Crippen molar-refractivity contribution in [3.8, 4) is 6.07 Å². The summed E-state index contributed by atoms with van der Waals surface area (Å²) in [7, 11) is 0. The first-order valence-electron chi connectivity index (χ1n) is 10.6. The van der Waals surface area contributed by atoms with Gasteiger partial charge in [0.25, 0.3) is 5.69 Å². The SMILES string of the molecule is N#CC=C(c1ccc(N(c2ccccc2)c2ccc(CO)cc2)cc1)c1ccc([N+](=O)[O-])cc1. The predicted octanol–water partition coefficient (Wildman–Crippen LogP) is 6.51. The minimum absolute atomic E-state index is 0.00104. The first-order valence-corrected chi connectivity index (χ1v) is 10.6. The molecule has 0 heterocycles. The first-order chi connectivity index (χ1) is 16.6. The van der Waals surface area contributed by atoms with Gasteiger partial charge in [0.15, 0.2) is 0 Å². The van der Waals surface area contributed by atoms with Crippen molar-refractivity contribution in [2.75, 3.05) is 4.90 Å². The third-order valence-corrected chi connectivity index (χ3v) is 5.43. The summed E-state index contributed by atoms with van der Waals surface area (Å²) in [4.78, 5) is 12.6. The monoisotopic (exact) mass is 447 g/mol. The molecule has 0 aliphatic heterocycles. The quantitative estimate of drug-likeness (QED) is 0.198. The van der Waals surface area contributed by atoms with Crippen LogP contribution in [0.3, 0.4) is 0 Å². The molecule has 6 nitrogen and oxygen atoms in total. The average molecular weight is 447 g/mol. The zero-order valence-electron chi connectivity index (χ0n) is 18.2. The number of hydrogen-bond donors (Lipinski definition) is 1. The van der Waals surface area contributed by atoms with Crippen LogP contribution in [0.2, 0.25) is 0 Å². The zero-order chi connectivity index (χ0) is 23.9. The Hall–Kier alpha value is -4.73. The number of nitro groups is 1. The molecule has 0 saturated heterocycles. The van der Waals surface area contributed by atoms with E-state index in [1.165, 1.54) is 18.2 Å². The number of nitrogens with zero attached hydrogens (tertiary/aromatic N) is 3. The van der Waals surface area contributed by atoms with Gasteiger partial charge in [-0.15, -0.1) is 0 Å². The van der Waals surface area contributed by atoms with Crippen LogP contribution < -0.4 is 4.90 Å². The summed E-state index contributed by atoms with van der Waals surface area (Å²) in [5, 5.41) is 29.7. The van der Waals surface area contributed by atoms with E-state index in [9.17, 15) is 20.5 Å². The van der Waals surface area contributed by atoms with E-state index >= 15 is 0 Å². The summed E-state index contributed by atoms with van der Waals surface area (Å²) < 4.78 is 0. The van der Waals surface area contributed by atoms with Gasteiger partial charge in [-0.3, -0.25) is 10.1 Å². The molecule has 0 bridgehead atoms. The molecule has 1 N–H and O–H groups in total. The van der Waals surface area contributed by atoms with Crippen molar-refractivity contribution in [2.45, 2.75) is 6.61 Å². The van der Waals surface area contributed by atoms with Gasteiger partial charge >= 0.3 is 0 Å². The smallest absolute Gasteiger partial charge is 0.269 e. The molecule has 0 unspecified atom stereocenters. The van der Waals surface area contributed by atoms with E-state index in [2.05, 4.69) is 11.0 Å². The average Bonchev–Trinajstić information content (AvgIpc) is 2.89. The molecule has 4 aromatic rings. The number of aliphatic hydroxyl groups excluding tert-OH is 1. The third kappa shape index (κ3) is 4.85. The Morgan fingerprint density at radius 3 is 1.82 bits per heavy atom.